The molecule has 1 amide bonds. The summed E-state index contributed by atoms with van der Waals surface area (Å²) < 4.78 is 0. The first-order chi connectivity index (χ1) is 14.8. The monoisotopic (exact) mass is 394 g/mol. The third kappa shape index (κ3) is 7.05. The number of hydrazone groups is 2. The van der Waals surface area contributed by atoms with Crippen molar-refractivity contribution in [1.29, 1.82) is 0 Å². The molecule has 0 unspecified atom stereocenters. The fourth-order valence-corrected chi connectivity index (χ4v) is 2.49. The number of hydrogen-bond donors (Lipinski definition) is 2. The quantitative estimate of drug-likeness (QED) is 0.406. The van der Waals surface area contributed by atoms with E-state index in [1.807, 2.05) is 78.9 Å². The minimum Gasteiger partial charge on any atom is -0.279 e. The molecule has 30 heavy (non-hydrogen) atoms. The lowest BCUT2D eigenvalue weighted by Crippen LogP contribution is -2.17. The van der Waals surface area contributed by atoms with Crippen molar-refractivity contribution in [2.45, 2.75) is 0 Å². The molecule has 2 N–H and O–H groups in total. The van der Waals surface area contributed by atoms with Gasteiger partial charge in [0, 0.05) is 18.0 Å². The Hall–Kier alpha value is -4.25. The molecule has 0 aromatic heterocycles. The molecule has 3 aromatic carbocycles. The van der Waals surface area contributed by atoms with Gasteiger partial charge in [0.2, 0.25) is 0 Å². The molecule has 3 rings (SSSR count). The van der Waals surface area contributed by atoms with Crippen molar-refractivity contribution in [1.82, 2.24) is 5.43 Å². The van der Waals surface area contributed by atoms with Crippen LogP contribution >= 0.6 is 0 Å². The number of amides is 1. The number of anilines is 1. The Bertz CT molecular complexity index is 1040. The van der Waals surface area contributed by atoms with Gasteiger partial charge in [0.25, 0.3) is 5.91 Å². The molecule has 5 heteroatoms. The Morgan fingerprint density at radius 1 is 0.667 bits per heavy atom. The average molecular weight is 394 g/mol. The van der Waals surface area contributed by atoms with Crippen molar-refractivity contribution < 1.29 is 4.79 Å². The molecule has 0 aliphatic carbocycles. The van der Waals surface area contributed by atoms with Crippen LogP contribution in [0.5, 0.6) is 0 Å². The van der Waals surface area contributed by atoms with Crippen LogP contribution in [-0.2, 0) is 0 Å². The Balaban J connectivity index is 1.43. The van der Waals surface area contributed by atoms with Crippen molar-refractivity contribution in [2.75, 3.05) is 5.43 Å². The molecule has 0 bridgehead atoms. The lowest BCUT2D eigenvalue weighted by molar-refractivity contribution is 0.0955. The lowest BCUT2D eigenvalue weighted by atomic mass is 10.2. The molecule has 0 aliphatic rings. The third-order valence-corrected chi connectivity index (χ3v) is 4.00. The molecule has 0 spiro atoms. The van der Waals surface area contributed by atoms with Crippen LogP contribution in [0.25, 0.3) is 12.2 Å². The van der Waals surface area contributed by atoms with E-state index in [-0.39, 0.29) is 5.91 Å². The highest BCUT2D eigenvalue weighted by Crippen LogP contribution is 2.09. The maximum absolute atomic E-state index is 12.1. The maximum Gasteiger partial charge on any atom is 0.271 e. The van der Waals surface area contributed by atoms with Crippen LogP contribution in [0.2, 0.25) is 0 Å². The number of allylic oxidation sites excluding steroid dienone is 2. The van der Waals surface area contributed by atoms with E-state index < -0.39 is 0 Å². The summed E-state index contributed by atoms with van der Waals surface area (Å²) in [6, 6.07) is 26.8. The highest BCUT2D eigenvalue weighted by molar-refractivity contribution is 5.95. The molecule has 5 nitrogen and oxygen atoms in total. The molecule has 0 atom stereocenters. The molecule has 0 saturated carbocycles. The van der Waals surface area contributed by atoms with Crippen LogP contribution in [-0.4, -0.2) is 18.3 Å². The Kier molecular flexibility index (Phi) is 7.89. The Morgan fingerprint density at radius 2 is 1.20 bits per heavy atom. The zero-order valence-electron chi connectivity index (χ0n) is 16.3. The normalized spacial score (nSPS) is 11.6. The Morgan fingerprint density at radius 3 is 1.77 bits per heavy atom. The van der Waals surface area contributed by atoms with E-state index in [9.17, 15) is 4.79 Å². The summed E-state index contributed by atoms with van der Waals surface area (Å²) in [5.41, 5.74) is 8.89. The number of nitrogens with one attached hydrogen (secondary N) is 2. The number of hydrogen-bond acceptors (Lipinski definition) is 4. The fraction of sp³-hybridized carbons (Fsp3) is 0. The van der Waals surface area contributed by atoms with Gasteiger partial charge in [0.1, 0.15) is 0 Å². The van der Waals surface area contributed by atoms with Gasteiger partial charge in [0.05, 0.1) is 5.69 Å². The topological polar surface area (TPSA) is 65.8 Å². The molecule has 0 fully saturated rings. The van der Waals surface area contributed by atoms with Crippen molar-refractivity contribution in [2.24, 2.45) is 10.2 Å². The number of carbonyl (C=O) groups is 1. The van der Waals surface area contributed by atoms with Crippen LogP contribution in [0, 0.1) is 0 Å². The summed E-state index contributed by atoms with van der Waals surface area (Å²) in [5.74, 6) is -0.278. The zero-order valence-corrected chi connectivity index (χ0v) is 16.3. The molecular weight excluding hydrogens is 372 g/mol. The summed E-state index contributed by atoms with van der Waals surface area (Å²) in [7, 11) is 0. The van der Waals surface area contributed by atoms with Gasteiger partial charge < -0.3 is 0 Å². The van der Waals surface area contributed by atoms with Crippen LogP contribution in [0.15, 0.2) is 107 Å². The highest BCUT2D eigenvalue weighted by atomic mass is 16.2. The minimum absolute atomic E-state index is 0.278. The van der Waals surface area contributed by atoms with Crippen LogP contribution < -0.4 is 10.9 Å². The van der Waals surface area contributed by atoms with E-state index in [4.69, 9.17) is 0 Å². The fourth-order valence-electron chi connectivity index (χ4n) is 2.49. The lowest BCUT2D eigenvalue weighted by Gasteiger charge is -2.02. The summed E-state index contributed by atoms with van der Waals surface area (Å²) in [4.78, 5) is 12.1. The number of nitrogens with zero attached hydrogens (tertiary/aromatic N) is 2. The van der Waals surface area contributed by atoms with E-state index in [1.54, 1.807) is 42.8 Å². The molecular formula is C25H22N4O. The Labute approximate surface area is 176 Å². The third-order valence-electron chi connectivity index (χ3n) is 4.00. The first-order valence-electron chi connectivity index (χ1n) is 9.47. The van der Waals surface area contributed by atoms with Gasteiger partial charge in [-0.3, -0.25) is 10.2 Å². The summed E-state index contributed by atoms with van der Waals surface area (Å²) >= 11 is 0. The van der Waals surface area contributed by atoms with Gasteiger partial charge in [-0.25, -0.2) is 5.43 Å². The highest BCUT2D eigenvalue weighted by Gasteiger charge is 2.03. The first-order valence-corrected chi connectivity index (χ1v) is 9.47. The molecule has 0 aliphatic heterocycles. The van der Waals surface area contributed by atoms with Gasteiger partial charge in [-0.05, 0) is 47.5 Å². The van der Waals surface area contributed by atoms with E-state index in [1.165, 1.54) is 0 Å². The average Bonchev–Trinajstić information content (AvgIpc) is 2.80. The maximum atomic E-state index is 12.1. The first kappa shape index (κ1) is 20.5. The van der Waals surface area contributed by atoms with Crippen molar-refractivity contribution in [3.63, 3.8) is 0 Å². The predicted octanol–water partition coefficient (Wildman–Crippen LogP) is 5.23. The number of rotatable bonds is 8. The van der Waals surface area contributed by atoms with E-state index in [2.05, 4.69) is 21.1 Å². The second-order valence-corrected chi connectivity index (χ2v) is 6.23. The van der Waals surface area contributed by atoms with Gasteiger partial charge in [-0.1, -0.05) is 72.8 Å². The van der Waals surface area contributed by atoms with Crippen LogP contribution in [0.3, 0.4) is 0 Å². The van der Waals surface area contributed by atoms with Crippen molar-refractivity contribution in [3.8, 4) is 0 Å². The summed E-state index contributed by atoms with van der Waals surface area (Å²) in [6.07, 6.45) is 10.7. The van der Waals surface area contributed by atoms with Crippen molar-refractivity contribution >= 4 is 36.2 Å². The molecule has 0 saturated heterocycles. The van der Waals surface area contributed by atoms with Gasteiger partial charge in [-0.2, -0.15) is 10.2 Å². The zero-order chi connectivity index (χ0) is 20.9. The minimum atomic E-state index is -0.278. The molecule has 148 valence electrons. The van der Waals surface area contributed by atoms with Crippen LogP contribution in [0.4, 0.5) is 5.69 Å². The van der Waals surface area contributed by atoms with Crippen molar-refractivity contribution in [3.05, 3.63) is 114 Å². The van der Waals surface area contributed by atoms with Gasteiger partial charge >= 0.3 is 0 Å². The van der Waals surface area contributed by atoms with Gasteiger partial charge in [0.15, 0.2) is 0 Å². The number of carbonyl (C=O) groups excluding carboxylic acids is 1. The van der Waals surface area contributed by atoms with E-state index in [0.717, 1.165) is 16.8 Å². The molecule has 0 heterocycles. The van der Waals surface area contributed by atoms with E-state index in [0.29, 0.717) is 5.56 Å². The summed E-state index contributed by atoms with van der Waals surface area (Å²) in [5, 5.41) is 8.05. The largest absolute Gasteiger partial charge is 0.279 e. The number of benzene rings is 3. The SMILES string of the molecule is O=C(N/N=C\C=C\c1ccccc1)c1ccc(N/N=C\C=C\c2ccccc2)cc1. The predicted molar refractivity (Wildman–Crippen MR) is 125 cm³/mol. The smallest absolute Gasteiger partial charge is 0.271 e. The summed E-state index contributed by atoms with van der Waals surface area (Å²) in [6.45, 7) is 0. The van der Waals surface area contributed by atoms with Crippen LogP contribution in [0.1, 0.15) is 21.5 Å². The van der Waals surface area contributed by atoms with E-state index >= 15 is 0 Å². The second kappa shape index (κ2) is 11.6. The second-order valence-electron chi connectivity index (χ2n) is 6.23. The molecule has 0 radical (unpaired) electrons. The standard InChI is InChI=1S/C25H22N4O/c30-25(29-27-20-8-14-22-11-5-2-6-12-22)23-15-17-24(18-16-23)28-26-19-7-13-21-9-3-1-4-10-21/h1-20,28H,(H,29,30)/b13-7+,14-8+,26-19-,27-20-. The van der Waals surface area contributed by atoms with Gasteiger partial charge in [-0.15, -0.1) is 0 Å². The molecule has 3 aromatic rings.